The molecular formula is C26H30N4O3. The number of rotatable bonds is 9. The normalized spacial score (nSPS) is 14.1. The Hall–Kier alpha value is -3.45. The molecule has 2 aromatic heterocycles. The fraction of sp³-hybridized carbons (Fsp3) is 0.346. The smallest absolute Gasteiger partial charge is 0.415 e. The van der Waals surface area contributed by atoms with Crippen LogP contribution >= 0.6 is 0 Å². The molecular weight excluding hydrogens is 416 g/mol. The van der Waals surface area contributed by atoms with Crippen molar-refractivity contribution < 1.29 is 14.3 Å². The predicted molar refractivity (Wildman–Crippen MR) is 126 cm³/mol. The fourth-order valence-electron chi connectivity index (χ4n) is 3.79. The molecule has 7 nitrogen and oxygen atoms in total. The molecule has 1 aliphatic heterocycles. The SMILES string of the molecule is O=C(Oc1ccc(CCOc2ccncc2)cc1)N1CCN(CCCc2ccccn2)CC1. The molecule has 0 atom stereocenters. The van der Waals surface area contributed by atoms with Crippen LogP contribution in [0.4, 0.5) is 4.79 Å². The first-order valence-corrected chi connectivity index (χ1v) is 11.5. The van der Waals surface area contributed by atoms with Crippen LogP contribution < -0.4 is 9.47 Å². The van der Waals surface area contributed by atoms with E-state index in [4.69, 9.17) is 9.47 Å². The number of pyridine rings is 2. The molecule has 172 valence electrons. The highest BCUT2D eigenvalue weighted by Crippen LogP contribution is 2.16. The summed E-state index contributed by atoms with van der Waals surface area (Å²) in [6.45, 7) is 4.71. The minimum atomic E-state index is -0.281. The van der Waals surface area contributed by atoms with E-state index in [1.54, 1.807) is 17.3 Å². The molecule has 7 heteroatoms. The second-order valence-electron chi connectivity index (χ2n) is 8.05. The summed E-state index contributed by atoms with van der Waals surface area (Å²) in [5.41, 5.74) is 2.26. The van der Waals surface area contributed by atoms with Crippen LogP contribution in [0, 0.1) is 0 Å². The summed E-state index contributed by atoms with van der Waals surface area (Å²) in [6, 6.07) is 17.3. The number of piperazine rings is 1. The van der Waals surface area contributed by atoms with Crippen LogP contribution in [0.1, 0.15) is 17.7 Å². The molecule has 0 spiro atoms. The molecule has 0 saturated carbocycles. The molecule has 1 aromatic carbocycles. The van der Waals surface area contributed by atoms with Crippen molar-refractivity contribution in [2.45, 2.75) is 19.3 Å². The summed E-state index contributed by atoms with van der Waals surface area (Å²) in [5, 5.41) is 0. The molecule has 0 N–H and O–H groups in total. The summed E-state index contributed by atoms with van der Waals surface area (Å²) in [4.78, 5) is 25.1. The Morgan fingerprint density at radius 3 is 2.36 bits per heavy atom. The number of ether oxygens (including phenoxy) is 2. The maximum absolute atomic E-state index is 12.5. The van der Waals surface area contributed by atoms with Gasteiger partial charge in [-0.1, -0.05) is 18.2 Å². The highest BCUT2D eigenvalue weighted by atomic mass is 16.6. The third-order valence-corrected chi connectivity index (χ3v) is 5.70. The molecule has 0 bridgehead atoms. The van der Waals surface area contributed by atoms with Gasteiger partial charge in [-0.3, -0.25) is 14.9 Å². The van der Waals surface area contributed by atoms with E-state index in [0.717, 1.165) is 55.9 Å². The van der Waals surface area contributed by atoms with Crippen molar-refractivity contribution >= 4 is 6.09 Å². The highest BCUT2D eigenvalue weighted by Gasteiger charge is 2.22. The Labute approximate surface area is 195 Å². The molecule has 1 fully saturated rings. The molecule has 1 amide bonds. The van der Waals surface area contributed by atoms with E-state index in [0.29, 0.717) is 25.4 Å². The Balaban J connectivity index is 1.14. The van der Waals surface area contributed by atoms with Crippen LogP contribution in [0.5, 0.6) is 11.5 Å². The molecule has 4 rings (SSSR count). The van der Waals surface area contributed by atoms with Crippen LogP contribution in [0.25, 0.3) is 0 Å². The van der Waals surface area contributed by atoms with Crippen LogP contribution in [-0.4, -0.2) is 65.2 Å². The topological polar surface area (TPSA) is 67.8 Å². The Morgan fingerprint density at radius 2 is 1.64 bits per heavy atom. The van der Waals surface area contributed by atoms with Crippen LogP contribution in [0.15, 0.2) is 73.2 Å². The molecule has 0 radical (unpaired) electrons. The molecule has 0 unspecified atom stereocenters. The van der Waals surface area contributed by atoms with Crippen molar-refractivity contribution in [2.24, 2.45) is 0 Å². The Kier molecular flexibility index (Phi) is 8.25. The molecule has 1 aliphatic rings. The monoisotopic (exact) mass is 446 g/mol. The second-order valence-corrected chi connectivity index (χ2v) is 8.05. The third kappa shape index (κ3) is 7.29. The third-order valence-electron chi connectivity index (χ3n) is 5.70. The van der Waals surface area contributed by atoms with Gasteiger partial charge in [-0.2, -0.15) is 0 Å². The maximum atomic E-state index is 12.5. The van der Waals surface area contributed by atoms with E-state index in [9.17, 15) is 4.79 Å². The van der Waals surface area contributed by atoms with Crippen LogP contribution in [0.3, 0.4) is 0 Å². The number of carbonyl (C=O) groups excluding carboxylic acids is 1. The molecule has 0 aliphatic carbocycles. The highest BCUT2D eigenvalue weighted by molar-refractivity contribution is 5.70. The number of benzene rings is 1. The number of nitrogens with zero attached hydrogens (tertiary/aromatic N) is 4. The predicted octanol–water partition coefficient (Wildman–Crippen LogP) is 3.85. The zero-order chi connectivity index (χ0) is 22.7. The van der Waals surface area contributed by atoms with E-state index in [-0.39, 0.29) is 6.09 Å². The average Bonchev–Trinajstić information content (AvgIpc) is 2.87. The van der Waals surface area contributed by atoms with Gasteiger partial charge >= 0.3 is 6.09 Å². The first-order chi connectivity index (χ1) is 16.3. The van der Waals surface area contributed by atoms with Crippen molar-refractivity contribution in [2.75, 3.05) is 39.3 Å². The zero-order valence-corrected chi connectivity index (χ0v) is 18.8. The maximum Gasteiger partial charge on any atom is 0.415 e. The summed E-state index contributed by atoms with van der Waals surface area (Å²) in [6.07, 6.45) is 7.81. The van der Waals surface area contributed by atoms with Crippen molar-refractivity contribution in [3.63, 3.8) is 0 Å². The largest absolute Gasteiger partial charge is 0.493 e. The second kappa shape index (κ2) is 12.0. The number of hydrogen-bond donors (Lipinski definition) is 0. The van der Waals surface area contributed by atoms with Crippen molar-refractivity contribution in [1.29, 1.82) is 0 Å². The lowest BCUT2D eigenvalue weighted by Gasteiger charge is -2.34. The van der Waals surface area contributed by atoms with Gasteiger partial charge in [-0.25, -0.2) is 4.79 Å². The van der Waals surface area contributed by atoms with Crippen LogP contribution in [0.2, 0.25) is 0 Å². The number of hydrogen-bond acceptors (Lipinski definition) is 6. The molecule has 3 aromatic rings. The minimum Gasteiger partial charge on any atom is -0.493 e. The quantitative estimate of drug-likeness (QED) is 0.497. The summed E-state index contributed by atoms with van der Waals surface area (Å²) >= 11 is 0. The van der Waals surface area contributed by atoms with Crippen molar-refractivity contribution in [3.8, 4) is 11.5 Å². The van der Waals surface area contributed by atoms with Gasteiger partial charge < -0.3 is 14.4 Å². The molecule has 3 heterocycles. The van der Waals surface area contributed by atoms with Gasteiger partial charge in [0.25, 0.3) is 0 Å². The number of amides is 1. The van der Waals surface area contributed by atoms with Crippen molar-refractivity contribution in [3.05, 3.63) is 84.4 Å². The first kappa shape index (κ1) is 22.7. The van der Waals surface area contributed by atoms with E-state index < -0.39 is 0 Å². The first-order valence-electron chi connectivity index (χ1n) is 11.5. The minimum absolute atomic E-state index is 0.281. The molecule has 1 saturated heterocycles. The van der Waals surface area contributed by atoms with Crippen molar-refractivity contribution in [1.82, 2.24) is 19.8 Å². The molecule has 33 heavy (non-hydrogen) atoms. The van der Waals surface area contributed by atoms with Crippen LogP contribution in [-0.2, 0) is 12.8 Å². The number of carbonyl (C=O) groups is 1. The fourth-order valence-corrected chi connectivity index (χ4v) is 3.79. The summed E-state index contributed by atoms with van der Waals surface area (Å²) in [7, 11) is 0. The lowest BCUT2D eigenvalue weighted by molar-refractivity contribution is 0.110. The van der Waals surface area contributed by atoms with E-state index >= 15 is 0 Å². The Morgan fingerprint density at radius 1 is 0.848 bits per heavy atom. The summed E-state index contributed by atoms with van der Waals surface area (Å²) < 4.78 is 11.3. The van der Waals surface area contributed by atoms with E-state index in [1.807, 2.05) is 54.7 Å². The van der Waals surface area contributed by atoms with E-state index in [1.165, 1.54) is 0 Å². The van der Waals surface area contributed by atoms with Gasteiger partial charge in [-0.05, 0) is 61.3 Å². The van der Waals surface area contributed by atoms with Gasteiger partial charge in [-0.15, -0.1) is 0 Å². The van der Waals surface area contributed by atoms with E-state index in [2.05, 4.69) is 20.9 Å². The number of aromatic nitrogens is 2. The van der Waals surface area contributed by atoms with Gasteiger partial charge in [0.1, 0.15) is 11.5 Å². The zero-order valence-electron chi connectivity index (χ0n) is 18.8. The lowest BCUT2D eigenvalue weighted by Crippen LogP contribution is -2.49. The average molecular weight is 447 g/mol. The lowest BCUT2D eigenvalue weighted by atomic mass is 10.1. The Bertz CT molecular complexity index is 975. The van der Waals surface area contributed by atoms with Gasteiger partial charge in [0.15, 0.2) is 0 Å². The summed E-state index contributed by atoms with van der Waals surface area (Å²) in [5.74, 6) is 1.38. The van der Waals surface area contributed by atoms with Gasteiger partial charge in [0.05, 0.1) is 6.61 Å². The standard InChI is InChI=1S/C26H30N4O3/c31-26(30-19-17-29(18-20-30)16-3-5-23-4-1-2-13-28-23)33-25-8-6-22(7-9-25)12-21-32-24-10-14-27-15-11-24/h1-2,4,6-11,13-15H,3,5,12,16-21H2. The van der Waals surface area contributed by atoms with Gasteiger partial charge in [0.2, 0.25) is 0 Å². The van der Waals surface area contributed by atoms with Gasteiger partial charge in [0, 0.05) is 56.9 Å². The number of aryl methyl sites for hydroxylation is 1.